The Bertz CT molecular complexity index is 636. The van der Waals surface area contributed by atoms with Crippen LogP contribution in [-0.2, 0) is 22.3 Å². The molecule has 1 aliphatic carbocycles. The number of halogens is 4. The van der Waals surface area contributed by atoms with Crippen molar-refractivity contribution in [2.75, 3.05) is 6.54 Å². The van der Waals surface area contributed by atoms with E-state index < -0.39 is 17.8 Å². The molecule has 1 aromatic rings. The molecule has 2 atom stereocenters. The molecule has 8 heteroatoms. The van der Waals surface area contributed by atoms with Crippen LogP contribution in [0.25, 0.3) is 0 Å². The van der Waals surface area contributed by atoms with E-state index in [1.807, 2.05) is 0 Å². The highest BCUT2D eigenvalue weighted by Crippen LogP contribution is 2.34. The van der Waals surface area contributed by atoms with Crippen LogP contribution in [0.5, 0.6) is 0 Å². The molecule has 1 heterocycles. The van der Waals surface area contributed by atoms with Crippen LogP contribution in [0.15, 0.2) is 24.3 Å². The maximum atomic E-state index is 13.3. The Morgan fingerprint density at radius 1 is 1.15 bits per heavy atom. The van der Waals surface area contributed by atoms with Crippen LogP contribution >= 0.6 is 12.4 Å². The molecule has 3 rings (SSSR count). The summed E-state index contributed by atoms with van der Waals surface area (Å²) in [5.41, 5.74) is 5.07. The summed E-state index contributed by atoms with van der Waals surface area (Å²) in [6, 6.07) is 5.46. The van der Waals surface area contributed by atoms with Gasteiger partial charge in [0, 0.05) is 19.1 Å². The lowest BCUT2D eigenvalue weighted by molar-refractivity contribution is -0.147. The zero-order valence-corrected chi connectivity index (χ0v) is 15.9. The predicted molar refractivity (Wildman–Crippen MR) is 98.4 cm³/mol. The normalized spacial score (nSPS) is 23.3. The van der Waals surface area contributed by atoms with Gasteiger partial charge in [-0.25, -0.2) is 0 Å². The zero-order chi connectivity index (χ0) is 18.7. The van der Waals surface area contributed by atoms with E-state index in [1.165, 1.54) is 12.1 Å². The molecule has 0 unspecified atom stereocenters. The first-order valence-electron chi connectivity index (χ1n) is 9.21. The van der Waals surface area contributed by atoms with Crippen molar-refractivity contribution in [3.63, 3.8) is 0 Å². The van der Waals surface area contributed by atoms with Crippen LogP contribution < -0.4 is 5.73 Å². The molecule has 2 aliphatic rings. The van der Waals surface area contributed by atoms with Gasteiger partial charge in [-0.2, -0.15) is 13.2 Å². The molecule has 0 bridgehead atoms. The lowest BCUT2D eigenvalue weighted by atomic mass is 10.0. The molecular formula is C19H26ClF3N2O2. The summed E-state index contributed by atoms with van der Waals surface area (Å²) < 4.78 is 45.7. The number of nitrogens with zero attached hydrogens (tertiary/aromatic N) is 1. The first-order valence-corrected chi connectivity index (χ1v) is 9.21. The van der Waals surface area contributed by atoms with Crippen LogP contribution in [0.2, 0.25) is 0 Å². The third-order valence-corrected chi connectivity index (χ3v) is 5.36. The van der Waals surface area contributed by atoms with E-state index in [1.54, 1.807) is 11.0 Å². The summed E-state index contributed by atoms with van der Waals surface area (Å²) in [7, 11) is 0. The van der Waals surface area contributed by atoms with Crippen LogP contribution in [0, 0.1) is 0 Å². The number of benzene rings is 1. The summed E-state index contributed by atoms with van der Waals surface area (Å²) >= 11 is 0. The lowest BCUT2D eigenvalue weighted by Crippen LogP contribution is -2.44. The van der Waals surface area contributed by atoms with Crippen LogP contribution in [0.1, 0.15) is 49.7 Å². The number of carbonyl (C=O) groups excluding carboxylic acids is 1. The Kier molecular flexibility index (Phi) is 7.54. The number of carbonyl (C=O) groups is 1. The van der Waals surface area contributed by atoms with E-state index in [2.05, 4.69) is 0 Å². The fourth-order valence-electron chi connectivity index (χ4n) is 3.97. The second-order valence-corrected chi connectivity index (χ2v) is 7.12. The highest BCUT2D eigenvalue weighted by molar-refractivity contribution is 5.85. The molecular weight excluding hydrogens is 381 g/mol. The van der Waals surface area contributed by atoms with Gasteiger partial charge in [0.1, 0.15) is 6.10 Å². The first-order chi connectivity index (χ1) is 12.4. The van der Waals surface area contributed by atoms with Gasteiger partial charge >= 0.3 is 6.18 Å². The molecule has 0 aromatic heterocycles. The van der Waals surface area contributed by atoms with Gasteiger partial charge in [0.25, 0.3) is 5.91 Å². The lowest BCUT2D eigenvalue weighted by Gasteiger charge is -2.32. The number of amides is 1. The van der Waals surface area contributed by atoms with Crippen molar-refractivity contribution < 1.29 is 22.7 Å². The molecule has 2 fully saturated rings. The standard InChI is InChI=1S/C19H25F3N2O2.ClH/c20-19(21,22)16-8-4-1-5-13(16)12-24(14-6-2-3-7-14)18(25)17-10-9-15(11-23)26-17;/h1,4-5,8,14-15,17H,2-3,6-7,9-12,23H2;1H/t15-,17+;/m1./s1. The quantitative estimate of drug-likeness (QED) is 0.806. The van der Waals surface area contributed by atoms with Gasteiger partial charge in [-0.3, -0.25) is 4.79 Å². The third-order valence-electron chi connectivity index (χ3n) is 5.36. The van der Waals surface area contributed by atoms with Crippen LogP contribution in [-0.4, -0.2) is 35.6 Å². The zero-order valence-electron chi connectivity index (χ0n) is 15.1. The van der Waals surface area contributed by atoms with Gasteiger partial charge in [0.2, 0.25) is 0 Å². The molecule has 0 radical (unpaired) electrons. The van der Waals surface area contributed by atoms with E-state index in [9.17, 15) is 18.0 Å². The summed E-state index contributed by atoms with van der Waals surface area (Å²) in [6.07, 6.45) is -0.247. The minimum atomic E-state index is -4.44. The predicted octanol–water partition coefficient (Wildman–Crippen LogP) is 3.90. The van der Waals surface area contributed by atoms with Gasteiger partial charge < -0.3 is 15.4 Å². The number of ether oxygens (including phenoxy) is 1. The Morgan fingerprint density at radius 2 is 1.81 bits per heavy atom. The Hall–Kier alpha value is -1.31. The minimum Gasteiger partial charge on any atom is -0.364 e. The van der Waals surface area contributed by atoms with E-state index in [-0.39, 0.29) is 42.6 Å². The van der Waals surface area contributed by atoms with Crippen molar-refractivity contribution in [2.45, 2.75) is 69.5 Å². The molecule has 152 valence electrons. The fraction of sp³-hybridized carbons (Fsp3) is 0.632. The number of alkyl halides is 3. The van der Waals surface area contributed by atoms with E-state index in [4.69, 9.17) is 10.5 Å². The number of rotatable bonds is 5. The first kappa shape index (κ1) is 22.0. The van der Waals surface area contributed by atoms with Crippen molar-refractivity contribution in [1.82, 2.24) is 4.90 Å². The van der Waals surface area contributed by atoms with Gasteiger partial charge in [0.05, 0.1) is 11.7 Å². The second-order valence-electron chi connectivity index (χ2n) is 7.12. The monoisotopic (exact) mass is 406 g/mol. The molecule has 1 aliphatic heterocycles. The maximum absolute atomic E-state index is 13.3. The fourth-order valence-corrected chi connectivity index (χ4v) is 3.97. The molecule has 1 saturated carbocycles. The maximum Gasteiger partial charge on any atom is 0.416 e. The number of hydrogen-bond donors (Lipinski definition) is 1. The Labute approximate surface area is 163 Å². The second kappa shape index (κ2) is 9.26. The molecule has 1 amide bonds. The molecule has 2 N–H and O–H groups in total. The largest absolute Gasteiger partial charge is 0.416 e. The third kappa shape index (κ3) is 5.15. The smallest absolute Gasteiger partial charge is 0.364 e. The topological polar surface area (TPSA) is 55.6 Å². The molecule has 27 heavy (non-hydrogen) atoms. The molecule has 0 spiro atoms. The molecule has 4 nitrogen and oxygen atoms in total. The molecule has 1 aromatic carbocycles. The van der Waals surface area contributed by atoms with Gasteiger partial charge in [-0.1, -0.05) is 31.0 Å². The van der Waals surface area contributed by atoms with Gasteiger partial charge in [-0.05, 0) is 37.3 Å². The minimum absolute atomic E-state index is 0. The van der Waals surface area contributed by atoms with Gasteiger partial charge in [-0.15, -0.1) is 12.4 Å². The SMILES string of the molecule is Cl.NC[C@H]1CC[C@@H](C(=O)N(Cc2ccccc2C(F)(F)F)C2CCCC2)O1. The molecule has 1 saturated heterocycles. The van der Waals surface area contributed by atoms with E-state index >= 15 is 0 Å². The van der Waals surface area contributed by atoms with Crippen LogP contribution in [0.3, 0.4) is 0 Å². The Balaban J connectivity index is 0.00000261. The van der Waals surface area contributed by atoms with Crippen molar-refractivity contribution in [2.24, 2.45) is 5.73 Å². The van der Waals surface area contributed by atoms with E-state index in [0.717, 1.165) is 31.7 Å². The Morgan fingerprint density at radius 3 is 2.41 bits per heavy atom. The highest BCUT2D eigenvalue weighted by atomic mass is 35.5. The number of hydrogen-bond acceptors (Lipinski definition) is 3. The average molecular weight is 407 g/mol. The summed E-state index contributed by atoms with van der Waals surface area (Å²) in [4.78, 5) is 14.7. The van der Waals surface area contributed by atoms with Crippen molar-refractivity contribution in [3.05, 3.63) is 35.4 Å². The van der Waals surface area contributed by atoms with Crippen molar-refractivity contribution in [1.29, 1.82) is 0 Å². The van der Waals surface area contributed by atoms with Crippen LogP contribution in [0.4, 0.5) is 13.2 Å². The number of nitrogens with two attached hydrogens (primary N) is 1. The van der Waals surface area contributed by atoms with E-state index in [0.29, 0.717) is 19.4 Å². The summed E-state index contributed by atoms with van der Waals surface area (Å²) in [5.74, 6) is -0.204. The average Bonchev–Trinajstić information content (AvgIpc) is 3.30. The summed E-state index contributed by atoms with van der Waals surface area (Å²) in [6.45, 7) is 0.316. The highest BCUT2D eigenvalue weighted by Gasteiger charge is 2.38. The summed E-state index contributed by atoms with van der Waals surface area (Å²) in [5, 5.41) is 0. The van der Waals surface area contributed by atoms with Crippen molar-refractivity contribution >= 4 is 18.3 Å². The van der Waals surface area contributed by atoms with Gasteiger partial charge in [0.15, 0.2) is 0 Å². The van der Waals surface area contributed by atoms with Crippen molar-refractivity contribution in [3.8, 4) is 0 Å².